The molecule has 0 N–H and O–H groups in total. The highest BCUT2D eigenvalue weighted by molar-refractivity contribution is 7.79. The topological polar surface area (TPSA) is 51.6 Å². The summed E-state index contributed by atoms with van der Waals surface area (Å²) >= 11 is 4.25. The molecule has 0 aliphatic heterocycles. The summed E-state index contributed by atoms with van der Waals surface area (Å²) < 4.78 is 0. The lowest BCUT2D eigenvalue weighted by atomic mass is 10.1. The van der Waals surface area contributed by atoms with E-state index < -0.39 is 0 Å². The molecular formula is C13H10N4S. The minimum Gasteiger partial charge on any atom is -0.241 e. The van der Waals surface area contributed by atoms with Gasteiger partial charge in [-0.1, -0.05) is 30.3 Å². The molecule has 2 aromatic heterocycles. The van der Waals surface area contributed by atoms with Gasteiger partial charge in [-0.25, -0.2) is 19.9 Å². The minimum absolute atomic E-state index is 0.520. The van der Waals surface area contributed by atoms with Crippen molar-refractivity contribution in [3.63, 3.8) is 0 Å². The molecule has 3 aromatic rings. The zero-order valence-electron chi connectivity index (χ0n) is 9.48. The minimum atomic E-state index is 0.520. The van der Waals surface area contributed by atoms with Crippen molar-refractivity contribution in [2.45, 2.75) is 5.75 Å². The van der Waals surface area contributed by atoms with E-state index in [4.69, 9.17) is 0 Å². The molecule has 0 bridgehead atoms. The lowest BCUT2D eigenvalue weighted by Crippen LogP contribution is -1.97. The normalized spacial score (nSPS) is 10.7. The lowest BCUT2D eigenvalue weighted by Gasteiger charge is -2.04. The maximum atomic E-state index is 4.58. The number of hydrogen-bond acceptors (Lipinski definition) is 5. The fraction of sp³-hybridized carbons (Fsp3) is 0.0769. The van der Waals surface area contributed by atoms with Crippen LogP contribution in [0.4, 0.5) is 0 Å². The molecule has 0 fully saturated rings. The summed E-state index contributed by atoms with van der Waals surface area (Å²) in [5.74, 6) is 0.520. The Bertz CT molecular complexity index is 685. The number of thiol groups is 1. The maximum absolute atomic E-state index is 4.58. The van der Waals surface area contributed by atoms with Gasteiger partial charge in [0, 0.05) is 11.3 Å². The largest absolute Gasteiger partial charge is 0.241 e. The molecule has 0 amide bonds. The molecule has 1 aromatic carbocycles. The average Bonchev–Trinajstić information content (AvgIpc) is 2.47. The third-order valence-corrected chi connectivity index (χ3v) is 2.94. The van der Waals surface area contributed by atoms with E-state index >= 15 is 0 Å². The summed E-state index contributed by atoms with van der Waals surface area (Å²) in [6.45, 7) is 0. The van der Waals surface area contributed by atoms with Crippen LogP contribution in [0.15, 0.2) is 42.9 Å². The molecule has 5 heteroatoms. The third-order valence-electron chi connectivity index (χ3n) is 2.64. The Balaban J connectivity index is 2.22. The predicted octanol–water partition coefficient (Wildman–Crippen LogP) is 2.52. The van der Waals surface area contributed by atoms with Gasteiger partial charge in [0.1, 0.15) is 11.8 Å². The van der Waals surface area contributed by atoms with E-state index in [0.29, 0.717) is 16.9 Å². The van der Waals surface area contributed by atoms with Gasteiger partial charge in [-0.05, 0) is 0 Å². The number of fused-ring (bicyclic) bond motifs is 1. The molecule has 2 heterocycles. The molecule has 88 valence electrons. The molecule has 3 rings (SSSR count). The zero-order valence-corrected chi connectivity index (χ0v) is 10.4. The molecule has 0 radical (unpaired) electrons. The molecule has 0 aliphatic rings. The van der Waals surface area contributed by atoms with Crippen molar-refractivity contribution in [3.8, 4) is 11.3 Å². The molecule has 0 saturated carbocycles. The van der Waals surface area contributed by atoms with Crippen LogP contribution in [0.5, 0.6) is 0 Å². The number of benzene rings is 1. The van der Waals surface area contributed by atoms with Crippen molar-refractivity contribution in [1.82, 2.24) is 19.9 Å². The second-order valence-electron chi connectivity index (χ2n) is 3.77. The van der Waals surface area contributed by atoms with Crippen molar-refractivity contribution in [1.29, 1.82) is 0 Å². The van der Waals surface area contributed by atoms with Crippen LogP contribution in [0.3, 0.4) is 0 Å². The lowest BCUT2D eigenvalue weighted by molar-refractivity contribution is 1.09. The van der Waals surface area contributed by atoms with Crippen LogP contribution in [0, 0.1) is 0 Å². The van der Waals surface area contributed by atoms with Gasteiger partial charge >= 0.3 is 0 Å². The molecule has 0 unspecified atom stereocenters. The quantitative estimate of drug-likeness (QED) is 0.714. The van der Waals surface area contributed by atoms with Crippen LogP contribution >= 0.6 is 12.6 Å². The van der Waals surface area contributed by atoms with E-state index in [2.05, 4.69) is 32.6 Å². The van der Waals surface area contributed by atoms with Gasteiger partial charge in [-0.3, -0.25) is 0 Å². The molecular weight excluding hydrogens is 244 g/mol. The Morgan fingerprint density at radius 3 is 2.61 bits per heavy atom. The molecule has 0 aliphatic carbocycles. The molecule has 4 nitrogen and oxygen atoms in total. The summed E-state index contributed by atoms with van der Waals surface area (Å²) in [5, 5.41) is 0. The Morgan fingerprint density at radius 2 is 1.83 bits per heavy atom. The first-order valence-electron chi connectivity index (χ1n) is 5.51. The van der Waals surface area contributed by atoms with Gasteiger partial charge in [-0.15, -0.1) is 0 Å². The fourth-order valence-electron chi connectivity index (χ4n) is 1.75. The van der Waals surface area contributed by atoms with E-state index in [9.17, 15) is 0 Å². The van der Waals surface area contributed by atoms with Crippen LogP contribution in [-0.4, -0.2) is 19.9 Å². The summed E-state index contributed by atoms with van der Waals surface area (Å²) in [4.78, 5) is 17.2. The maximum Gasteiger partial charge on any atom is 0.181 e. The zero-order chi connectivity index (χ0) is 12.4. The number of nitrogens with zero attached hydrogens (tertiary/aromatic N) is 4. The van der Waals surface area contributed by atoms with Crippen LogP contribution in [0.1, 0.15) is 5.69 Å². The Morgan fingerprint density at radius 1 is 1.00 bits per heavy atom. The van der Waals surface area contributed by atoms with Crippen LogP contribution < -0.4 is 0 Å². The number of hydrogen-bond donors (Lipinski definition) is 1. The van der Waals surface area contributed by atoms with E-state index in [1.807, 2.05) is 30.3 Å². The molecule has 0 spiro atoms. The monoisotopic (exact) mass is 254 g/mol. The van der Waals surface area contributed by atoms with E-state index in [1.165, 1.54) is 6.33 Å². The van der Waals surface area contributed by atoms with Gasteiger partial charge in [-0.2, -0.15) is 12.6 Å². The van der Waals surface area contributed by atoms with Gasteiger partial charge < -0.3 is 0 Å². The van der Waals surface area contributed by atoms with Crippen molar-refractivity contribution in [2.75, 3.05) is 0 Å². The van der Waals surface area contributed by atoms with E-state index in [-0.39, 0.29) is 0 Å². The van der Waals surface area contributed by atoms with Gasteiger partial charge in [0.25, 0.3) is 0 Å². The first kappa shape index (κ1) is 11.1. The first-order valence-corrected chi connectivity index (χ1v) is 6.14. The SMILES string of the molecule is SCc1ncnc2ncc(-c3ccccc3)nc12. The predicted molar refractivity (Wildman–Crippen MR) is 73.3 cm³/mol. The number of aromatic nitrogens is 4. The summed E-state index contributed by atoms with van der Waals surface area (Å²) in [5.41, 5.74) is 3.97. The number of rotatable bonds is 2. The second kappa shape index (κ2) is 4.70. The van der Waals surface area contributed by atoms with E-state index in [1.54, 1.807) is 6.20 Å². The second-order valence-corrected chi connectivity index (χ2v) is 4.09. The van der Waals surface area contributed by atoms with Crippen molar-refractivity contribution < 1.29 is 0 Å². The Kier molecular flexibility index (Phi) is 2.90. The Hall–Kier alpha value is -2.01. The van der Waals surface area contributed by atoms with Crippen molar-refractivity contribution in [3.05, 3.63) is 48.5 Å². The van der Waals surface area contributed by atoms with Gasteiger partial charge in [0.15, 0.2) is 5.65 Å². The third kappa shape index (κ3) is 1.93. The van der Waals surface area contributed by atoms with Crippen LogP contribution in [0.2, 0.25) is 0 Å². The van der Waals surface area contributed by atoms with E-state index in [0.717, 1.165) is 17.0 Å². The first-order chi connectivity index (χ1) is 8.88. The highest BCUT2D eigenvalue weighted by Crippen LogP contribution is 2.19. The summed E-state index contributed by atoms with van der Waals surface area (Å²) in [7, 11) is 0. The average molecular weight is 254 g/mol. The van der Waals surface area contributed by atoms with Crippen LogP contribution in [-0.2, 0) is 5.75 Å². The highest BCUT2D eigenvalue weighted by Gasteiger charge is 2.07. The molecule has 0 atom stereocenters. The van der Waals surface area contributed by atoms with Gasteiger partial charge in [0.2, 0.25) is 0 Å². The highest BCUT2D eigenvalue weighted by atomic mass is 32.1. The van der Waals surface area contributed by atoms with Crippen molar-refractivity contribution >= 4 is 23.8 Å². The summed E-state index contributed by atoms with van der Waals surface area (Å²) in [6, 6.07) is 9.92. The standard InChI is InChI=1S/C13H10N4S/c18-7-11-12-13(16-8-15-11)14-6-10(17-12)9-4-2-1-3-5-9/h1-6,8,18H,7H2. The molecule has 0 saturated heterocycles. The smallest absolute Gasteiger partial charge is 0.181 e. The Labute approximate surface area is 110 Å². The van der Waals surface area contributed by atoms with Crippen molar-refractivity contribution in [2.24, 2.45) is 0 Å². The summed E-state index contributed by atoms with van der Waals surface area (Å²) in [6.07, 6.45) is 3.22. The fourth-order valence-corrected chi connectivity index (χ4v) is 1.98. The molecule has 18 heavy (non-hydrogen) atoms. The van der Waals surface area contributed by atoms with Crippen LogP contribution in [0.25, 0.3) is 22.4 Å². The van der Waals surface area contributed by atoms with Gasteiger partial charge in [0.05, 0.1) is 17.6 Å².